The number of carbonyl (C=O) groups excluding carboxylic acids is 3. The Morgan fingerprint density at radius 2 is 1.88 bits per heavy atom. The summed E-state index contributed by atoms with van der Waals surface area (Å²) in [7, 11) is 1.49. The highest BCUT2D eigenvalue weighted by molar-refractivity contribution is 6.13. The SMILES string of the molecule is Cc1ccnc([C@H]2C[C@@H]2C(=O)Nc2cc(NCCc3cn4nc(C5CC5)cc(N5CC(=O)N(C)C5=O)c4n3)nc(C)n2)n1. The topological polar surface area (TPSA) is 164 Å². The van der Waals surface area contributed by atoms with Gasteiger partial charge in [0.15, 0.2) is 5.65 Å². The van der Waals surface area contributed by atoms with Crippen LogP contribution in [0.4, 0.5) is 22.1 Å². The third-order valence-corrected chi connectivity index (χ3v) is 8.00. The second kappa shape index (κ2) is 10.4. The number of rotatable bonds is 9. The number of nitrogens with zero attached hydrogens (tertiary/aromatic N) is 9. The van der Waals surface area contributed by atoms with Crippen LogP contribution in [0.2, 0.25) is 0 Å². The summed E-state index contributed by atoms with van der Waals surface area (Å²) < 4.78 is 1.71. The largest absolute Gasteiger partial charge is 0.370 e. The molecule has 0 unspecified atom stereocenters. The standard InChI is InChI=1S/C29H31N11O3/c1-15-6-8-31-26(32-15)19-10-20(19)28(42)36-24-12-23(33-16(2)34-24)30-9-7-18-13-40-27(35-18)22(11-21(37-40)17-4-5-17)39-14-25(41)38(3)29(39)43/h6,8,11-13,17,19-20H,4-5,7,9-10,14H2,1-3H3,(H2,30,33,34,36,42)/t19-,20-/m0/s1. The minimum absolute atomic E-state index is 0.0180. The highest BCUT2D eigenvalue weighted by Gasteiger charge is 2.46. The number of nitrogens with one attached hydrogen (secondary N) is 2. The first-order valence-electron chi connectivity index (χ1n) is 14.4. The average molecular weight is 582 g/mol. The van der Waals surface area contributed by atoms with Gasteiger partial charge in [0.1, 0.15) is 29.8 Å². The Balaban J connectivity index is 1.02. The van der Waals surface area contributed by atoms with Crippen LogP contribution in [0.15, 0.2) is 30.6 Å². The van der Waals surface area contributed by atoms with Crippen LogP contribution in [0.25, 0.3) is 5.65 Å². The molecule has 3 fully saturated rings. The van der Waals surface area contributed by atoms with Crippen molar-refractivity contribution in [2.45, 2.75) is 51.4 Å². The number of hydrogen-bond donors (Lipinski definition) is 2. The fraction of sp³-hybridized carbons (Fsp3) is 0.414. The van der Waals surface area contributed by atoms with Crippen molar-refractivity contribution in [3.8, 4) is 0 Å². The molecule has 0 bridgehead atoms. The summed E-state index contributed by atoms with van der Waals surface area (Å²) in [5.74, 6) is 2.08. The van der Waals surface area contributed by atoms with E-state index in [4.69, 9.17) is 10.1 Å². The van der Waals surface area contributed by atoms with E-state index in [1.54, 1.807) is 23.7 Å². The lowest BCUT2D eigenvalue weighted by atomic mass is 10.2. The molecular weight excluding hydrogens is 550 g/mol. The molecule has 5 heterocycles. The van der Waals surface area contributed by atoms with Gasteiger partial charge in [-0.3, -0.25) is 19.4 Å². The molecule has 4 aromatic rings. The smallest absolute Gasteiger partial charge is 0.331 e. The maximum Gasteiger partial charge on any atom is 0.331 e. The van der Waals surface area contributed by atoms with Gasteiger partial charge < -0.3 is 10.6 Å². The number of carbonyl (C=O) groups is 3. The molecule has 2 saturated carbocycles. The van der Waals surface area contributed by atoms with Gasteiger partial charge >= 0.3 is 6.03 Å². The lowest BCUT2D eigenvalue weighted by Crippen LogP contribution is -2.30. The molecule has 3 aliphatic rings. The van der Waals surface area contributed by atoms with Gasteiger partial charge in [0.05, 0.1) is 23.3 Å². The predicted molar refractivity (Wildman–Crippen MR) is 156 cm³/mol. The summed E-state index contributed by atoms with van der Waals surface area (Å²) in [5.41, 5.74) is 3.69. The molecule has 14 nitrogen and oxygen atoms in total. The average Bonchev–Trinajstić information content (AvgIpc) is 3.90. The van der Waals surface area contributed by atoms with Gasteiger partial charge in [0.25, 0.3) is 0 Å². The number of imide groups is 1. The van der Waals surface area contributed by atoms with Crippen molar-refractivity contribution in [3.63, 3.8) is 0 Å². The summed E-state index contributed by atoms with van der Waals surface area (Å²) in [6.07, 6.45) is 6.96. The highest BCUT2D eigenvalue weighted by atomic mass is 16.2. The Morgan fingerprint density at radius 1 is 1.07 bits per heavy atom. The number of fused-ring (bicyclic) bond motifs is 1. The second-order valence-electron chi connectivity index (χ2n) is 11.4. The van der Waals surface area contributed by atoms with Crippen LogP contribution in [-0.2, 0) is 16.0 Å². The summed E-state index contributed by atoms with van der Waals surface area (Å²) in [5, 5.41) is 11.0. The van der Waals surface area contributed by atoms with E-state index in [9.17, 15) is 14.4 Å². The number of hydrogen-bond acceptors (Lipinski definition) is 10. The van der Waals surface area contributed by atoms with Crippen molar-refractivity contribution in [2.75, 3.05) is 35.7 Å². The molecule has 0 aromatic carbocycles. The second-order valence-corrected chi connectivity index (χ2v) is 11.4. The zero-order valence-electron chi connectivity index (χ0n) is 24.1. The van der Waals surface area contributed by atoms with Gasteiger partial charge in [-0.25, -0.2) is 34.2 Å². The quantitative estimate of drug-likeness (QED) is 0.281. The molecule has 0 radical (unpaired) electrons. The van der Waals surface area contributed by atoms with Crippen LogP contribution in [0, 0.1) is 19.8 Å². The van der Waals surface area contributed by atoms with E-state index >= 15 is 0 Å². The van der Waals surface area contributed by atoms with E-state index < -0.39 is 0 Å². The van der Waals surface area contributed by atoms with Gasteiger partial charge in [0, 0.05) is 55.7 Å². The van der Waals surface area contributed by atoms with Crippen molar-refractivity contribution in [1.82, 2.24) is 39.4 Å². The molecule has 2 aliphatic carbocycles. The maximum atomic E-state index is 12.9. The minimum Gasteiger partial charge on any atom is -0.370 e. The van der Waals surface area contributed by atoms with E-state index in [1.165, 1.54) is 11.9 Å². The van der Waals surface area contributed by atoms with E-state index in [1.807, 2.05) is 25.3 Å². The molecule has 2 atom stereocenters. The number of imidazole rings is 1. The molecule has 4 amide bonds. The molecule has 1 aliphatic heterocycles. The number of likely N-dealkylation sites (N-methyl/N-ethyl adjacent to an activating group) is 1. The van der Waals surface area contributed by atoms with Crippen molar-refractivity contribution in [2.24, 2.45) is 5.92 Å². The van der Waals surface area contributed by atoms with Crippen LogP contribution in [0.5, 0.6) is 0 Å². The van der Waals surface area contributed by atoms with E-state index in [0.29, 0.717) is 59.9 Å². The fourth-order valence-corrected chi connectivity index (χ4v) is 5.39. The Kier molecular flexibility index (Phi) is 6.47. The molecule has 7 rings (SSSR count). The van der Waals surface area contributed by atoms with E-state index in [0.717, 1.165) is 34.8 Å². The first kappa shape index (κ1) is 26.9. The van der Waals surface area contributed by atoms with Crippen LogP contribution < -0.4 is 15.5 Å². The number of aromatic nitrogens is 7. The van der Waals surface area contributed by atoms with Gasteiger partial charge in [-0.2, -0.15) is 5.10 Å². The predicted octanol–water partition coefficient (Wildman–Crippen LogP) is 2.60. The summed E-state index contributed by atoms with van der Waals surface area (Å²) in [6, 6.07) is 5.08. The Morgan fingerprint density at radius 3 is 2.63 bits per heavy atom. The Hall–Kier alpha value is -5.01. The highest BCUT2D eigenvalue weighted by Crippen LogP contribution is 2.46. The van der Waals surface area contributed by atoms with Crippen LogP contribution in [0.3, 0.4) is 0 Å². The zero-order valence-corrected chi connectivity index (χ0v) is 24.1. The lowest BCUT2D eigenvalue weighted by molar-refractivity contribution is -0.124. The van der Waals surface area contributed by atoms with E-state index in [2.05, 4.69) is 30.6 Å². The number of amides is 4. The zero-order chi connectivity index (χ0) is 29.8. The van der Waals surface area contributed by atoms with Crippen molar-refractivity contribution >= 4 is 40.8 Å². The normalized spacial score (nSPS) is 19.8. The van der Waals surface area contributed by atoms with Gasteiger partial charge in [0.2, 0.25) is 11.8 Å². The molecule has 14 heteroatoms. The maximum absolute atomic E-state index is 12.9. The Labute approximate surface area is 247 Å². The number of aryl methyl sites for hydroxylation is 2. The minimum atomic E-state index is -0.367. The molecule has 0 spiro atoms. The van der Waals surface area contributed by atoms with Crippen LogP contribution in [-0.4, -0.2) is 77.4 Å². The third-order valence-electron chi connectivity index (χ3n) is 8.00. The van der Waals surface area contributed by atoms with Crippen LogP contribution in [0.1, 0.15) is 59.8 Å². The molecule has 220 valence electrons. The third kappa shape index (κ3) is 5.35. The molecule has 43 heavy (non-hydrogen) atoms. The first-order valence-corrected chi connectivity index (χ1v) is 14.4. The van der Waals surface area contributed by atoms with Gasteiger partial charge in [-0.05, 0) is 45.2 Å². The summed E-state index contributed by atoms with van der Waals surface area (Å²) in [6.45, 7) is 4.18. The molecule has 2 N–H and O–H groups in total. The number of urea groups is 1. The molecule has 1 saturated heterocycles. The first-order chi connectivity index (χ1) is 20.7. The lowest BCUT2D eigenvalue weighted by Gasteiger charge is -2.16. The summed E-state index contributed by atoms with van der Waals surface area (Å²) in [4.78, 5) is 62.9. The monoisotopic (exact) mass is 581 g/mol. The van der Waals surface area contributed by atoms with Gasteiger partial charge in [-0.15, -0.1) is 0 Å². The van der Waals surface area contributed by atoms with Crippen LogP contribution >= 0.6 is 0 Å². The summed E-state index contributed by atoms with van der Waals surface area (Å²) >= 11 is 0. The molecular formula is C29H31N11O3. The van der Waals surface area contributed by atoms with Crippen molar-refractivity contribution < 1.29 is 14.4 Å². The van der Waals surface area contributed by atoms with Crippen molar-refractivity contribution in [1.29, 1.82) is 0 Å². The fourth-order valence-electron chi connectivity index (χ4n) is 5.39. The Bertz CT molecular complexity index is 1780. The number of anilines is 3. The van der Waals surface area contributed by atoms with E-state index in [-0.39, 0.29) is 36.2 Å². The van der Waals surface area contributed by atoms with Crippen molar-refractivity contribution in [3.05, 3.63) is 59.3 Å². The van der Waals surface area contributed by atoms with Gasteiger partial charge in [-0.1, -0.05) is 0 Å². The molecule has 4 aromatic heterocycles.